The molecular formula is C27H24N4O3. The molecule has 1 aliphatic rings. The van der Waals surface area contributed by atoms with Gasteiger partial charge in [0.25, 0.3) is 5.91 Å². The lowest BCUT2D eigenvalue weighted by Crippen LogP contribution is -2.24. The first-order valence-electron chi connectivity index (χ1n) is 11.1. The summed E-state index contributed by atoms with van der Waals surface area (Å²) in [6.45, 7) is 1.25. The van der Waals surface area contributed by atoms with Crippen molar-refractivity contribution in [2.45, 2.75) is 13.0 Å². The van der Waals surface area contributed by atoms with E-state index in [9.17, 15) is 4.79 Å². The number of aromatic nitrogens is 2. The first kappa shape index (κ1) is 21.5. The molecule has 4 aromatic rings. The highest BCUT2D eigenvalue weighted by Crippen LogP contribution is 2.32. The molecule has 2 aromatic heterocycles. The Kier molecular flexibility index (Phi) is 6.34. The first-order chi connectivity index (χ1) is 16.8. The molecular weight excluding hydrogens is 428 g/mol. The van der Waals surface area contributed by atoms with Gasteiger partial charge in [0, 0.05) is 31.0 Å². The van der Waals surface area contributed by atoms with E-state index in [1.807, 2.05) is 72.8 Å². The average molecular weight is 453 g/mol. The monoisotopic (exact) mass is 452 g/mol. The number of hydrogen-bond donors (Lipinski definition) is 2. The van der Waals surface area contributed by atoms with Crippen LogP contribution in [0.25, 0.3) is 11.3 Å². The number of anilines is 1. The van der Waals surface area contributed by atoms with Crippen molar-refractivity contribution < 1.29 is 14.3 Å². The van der Waals surface area contributed by atoms with Gasteiger partial charge in [-0.3, -0.25) is 9.78 Å². The van der Waals surface area contributed by atoms with Crippen LogP contribution in [0.5, 0.6) is 11.5 Å². The van der Waals surface area contributed by atoms with Crippen molar-refractivity contribution >= 4 is 11.7 Å². The molecule has 7 nitrogen and oxygen atoms in total. The Morgan fingerprint density at radius 1 is 0.912 bits per heavy atom. The zero-order valence-electron chi connectivity index (χ0n) is 18.5. The number of carbonyl (C=O) groups is 1. The standard InChI is InChI=1S/C27H24N4O3/c32-27(30-17-20-5-4-13-28-16-20)22-9-10-23(21-6-2-1-3-7-21)31-26(22)29-14-12-19-8-11-24-25(15-19)34-18-33-24/h1-11,13,15-16H,12,14,17-18H2,(H,29,31)(H,30,32). The molecule has 5 rings (SSSR count). The Labute approximate surface area is 197 Å². The number of nitrogens with one attached hydrogen (secondary N) is 2. The molecule has 0 saturated heterocycles. The largest absolute Gasteiger partial charge is 0.454 e. The molecule has 0 atom stereocenters. The van der Waals surface area contributed by atoms with Crippen molar-refractivity contribution in [1.82, 2.24) is 15.3 Å². The van der Waals surface area contributed by atoms with Gasteiger partial charge in [-0.1, -0.05) is 42.5 Å². The Hall–Kier alpha value is -4.39. The van der Waals surface area contributed by atoms with Crippen LogP contribution in [0.1, 0.15) is 21.5 Å². The Morgan fingerprint density at radius 3 is 2.65 bits per heavy atom. The van der Waals surface area contributed by atoms with Crippen molar-refractivity contribution in [2.75, 3.05) is 18.7 Å². The van der Waals surface area contributed by atoms with Gasteiger partial charge in [-0.05, 0) is 47.9 Å². The zero-order valence-corrected chi connectivity index (χ0v) is 18.5. The molecule has 170 valence electrons. The topological polar surface area (TPSA) is 85.4 Å². The number of fused-ring (bicyclic) bond motifs is 1. The fourth-order valence-electron chi connectivity index (χ4n) is 3.75. The molecule has 3 heterocycles. The van der Waals surface area contributed by atoms with E-state index in [-0.39, 0.29) is 12.7 Å². The van der Waals surface area contributed by atoms with E-state index in [0.29, 0.717) is 24.5 Å². The van der Waals surface area contributed by atoms with Crippen LogP contribution in [0.2, 0.25) is 0 Å². The highest BCUT2D eigenvalue weighted by atomic mass is 16.7. The number of benzene rings is 2. The normalized spacial score (nSPS) is 11.8. The summed E-state index contributed by atoms with van der Waals surface area (Å²) in [6.07, 6.45) is 4.19. The maximum absolute atomic E-state index is 13.0. The predicted molar refractivity (Wildman–Crippen MR) is 130 cm³/mol. The van der Waals surface area contributed by atoms with E-state index >= 15 is 0 Å². The van der Waals surface area contributed by atoms with E-state index in [1.54, 1.807) is 12.4 Å². The van der Waals surface area contributed by atoms with Crippen molar-refractivity contribution in [3.63, 3.8) is 0 Å². The van der Waals surface area contributed by atoms with Gasteiger partial charge in [-0.25, -0.2) is 4.98 Å². The van der Waals surface area contributed by atoms with Gasteiger partial charge in [0.2, 0.25) is 6.79 Å². The number of nitrogens with zero attached hydrogens (tertiary/aromatic N) is 2. The second kappa shape index (κ2) is 10.0. The number of ether oxygens (including phenoxy) is 2. The van der Waals surface area contributed by atoms with Gasteiger partial charge in [-0.15, -0.1) is 0 Å². The fourth-order valence-corrected chi connectivity index (χ4v) is 3.75. The van der Waals surface area contributed by atoms with E-state index in [2.05, 4.69) is 15.6 Å². The Balaban J connectivity index is 1.33. The van der Waals surface area contributed by atoms with Crippen molar-refractivity contribution in [1.29, 1.82) is 0 Å². The third-order valence-corrected chi connectivity index (χ3v) is 5.53. The van der Waals surface area contributed by atoms with Gasteiger partial charge in [-0.2, -0.15) is 0 Å². The lowest BCUT2D eigenvalue weighted by atomic mass is 10.1. The maximum Gasteiger partial charge on any atom is 0.255 e. The summed E-state index contributed by atoms with van der Waals surface area (Å²) in [4.78, 5) is 21.9. The SMILES string of the molecule is O=C(NCc1cccnc1)c1ccc(-c2ccccc2)nc1NCCc1ccc2c(c1)OCO2. The van der Waals surface area contributed by atoms with Gasteiger partial charge >= 0.3 is 0 Å². The van der Waals surface area contributed by atoms with Crippen molar-refractivity contribution in [2.24, 2.45) is 0 Å². The smallest absolute Gasteiger partial charge is 0.255 e. The van der Waals surface area contributed by atoms with Crippen LogP contribution < -0.4 is 20.1 Å². The summed E-state index contributed by atoms with van der Waals surface area (Å²) >= 11 is 0. The summed E-state index contributed by atoms with van der Waals surface area (Å²) < 4.78 is 10.9. The summed E-state index contributed by atoms with van der Waals surface area (Å²) in [5.41, 5.74) is 4.33. The van der Waals surface area contributed by atoms with Crippen molar-refractivity contribution in [3.05, 3.63) is 102 Å². The van der Waals surface area contributed by atoms with Crippen LogP contribution in [0, 0.1) is 0 Å². The third kappa shape index (κ3) is 4.99. The molecule has 0 saturated carbocycles. The van der Waals surface area contributed by atoms with Gasteiger partial charge in [0.15, 0.2) is 11.5 Å². The number of amides is 1. The fraction of sp³-hybridized carbons (Fsp3) is 0.148. The van der Waals surface area contributed by atoms with Gasteiger partial charge < -0.3 is 20.1 Å². The van der Waals surface area contributed by atoms with E-state index in [0.717, 1.165) is 40.3 Å². The highest BCUT2D eigenvalue weighted by Gasteiger charge is 2.16. The van der Waals surface area contributed by atoms with Crippen LogP contribution in [-0.4, -0.2) is 29.2 Å². The maximum atomic E-state index is 13.0. The zero-order chi connectivity index (χ0) is 23.2. The first-order valence-corrected chi connectivity index (χ1v) is 11.1. The summed E-state index contributed by atoms with van der Waals surface area (Å²) in [5, 5.41) is 6.32. The molecule has 0 fully saturated rings. The molecule has 0 aliphatic carbocycles. The summed E-state index contributed by atoms with van der Waals surface area (Å²) in [5.74, 6) is 1.88. The number of carbonyl (C=O) groups excluding carboxylic acids is 1. The van der Waals surface area contributed by atoms with Crippen molar-refractivity contribution in [3.8, 4) is 22.8 Å². The van der Waals surface area contributed by atoms with Crippen LogP contribution >= 0.6 is 0 Å². The molecule has 0 unspecified atom stereocenters. The average Bonchev–Trinajstić information content (AvgIpc) is 3.36. The minimum Gasteiger partial charge on any atom is -0.454 e. The molecule has 0 spiro atoms. The lowest BCUT2D eigenvalue weighted by molar-refractivity contribution is 0.0951. The number of pyridine rings is 2. The molecule has 2 aromatic carbocycles. The summed E-state index contributed by atoms with van der Waals surface area (Å²) in [6, 6.07) is 23.3. The van der Waals surface area contributed by atoms with E-state index < -0.39 is 0 Å². The molecule has 0 bridgehead atoms. The highest BCUT2D eigenvalue weighted by molar-refractivity contribution is 5.99. The molecule has 1 amide bonds. The van der Waals surface area contributed by atoms with E-state index in [1.165, 1.54) is 0 Å². The van der Waals surface area contributed by atoms with Gasteiger partial charge in [0.05, 0.1) is 11.3 Å². The summed E-state index contributed by atoms with van der Waals surface area (Å²) in [7, 11) is 0. The molecule has 1 aliphatic heterocycles. The predicted octanol–water partition coefficient (Wildman–Crippen LogP) is 4.46. The quantitative estimate of drug-likeness (QED) is 0.411. The second-order valence-electron chi connectivity index (χ2n) is 7.87. The lowest BCUT2D eigenvalue weighted by Gasteiger charge is -2.14. The molecule has 34 heavy (non-hydrogen) atoms. The van der Waals surface area contributed by atoms with Crippen LogP contribution in [-0.2, 0) is 13.0 Å². The van der Waals surface area contributed by atoms with Crippen LogP contribution in [0.3, 0.4) is 0 Å². The van der Waals surface area contributed by atoms with Crippen LogP contribution in [0.15, 0.2) is 85.2 Å². The molecule has 2 N–H and O–H groups in total. The van der Waals surface area contributed by atoms with Gasteiger partial charge in [0.1, 0.15) is 5.82 Å². The number of hydrogen-bond acceptors (Lipinski definition) is 6. The molecule has 7 heteroatoms. The van der Waals surface area contributed by atoms with E-state index in [4.69, 9.17) is 14.5 Å². The molecule has 0 radical (unpaired) electrons. The van der Waals surface area contributed by atoms with Crippen LogP contribution in [0.4, 0.5) is 5.82 Å². The number of rotatable bonds is 8. The second-order valence-corrected chi connectivity index (χ2v) is 7.87. The minimum atomic E-state index is -0.193. The minimum absolute atomic E-state index is 0.193. The third-order valence-electron chi connectivity index (χ3n) is 5.53. The Bertz CT molecular complexity index is 1280. The Morgan fingerprint density at radius 2 is 1.79 bits per heavy atom.